The maximum absolute atomic E-state index is 11.6. The number of aromatic nitrogens is 1. The molecule has 0 aliphatic carbocycles. The lowest BCUT2D eigenvalue weighted by molar-refractivity contribution is 0.101. The van der Waals surface area contributed by atoms with E-state index in [0.29, 0.717) is 23.8 Å². The molecule has 0 aliphatic rings. The highest BCUT2D eigenvalue weighted by molar-refractivity contribution is 7.17. The van der Waals surface area contributed by atoms with E-state index in [0.717, 1.165) is 16.3 Å². The largest absolute Gasteiger partial charge is 0.494 e. The van der Waals surface area contributed by atoms with Crippen LogP contribution in [0.5, 0.6) is 5.75 Å². The summed E-state index contributed by atoms with van der Waals surface area (Å²) >= 11 is 1.40. The van der Waals surface area contributed by atoms with Crippen LogP contribution in [-0.2, 0) is 11.3 Å². The monoisotopic (exact) mass is 291 g/mol. The van der Waals surface area contributed by atoms with Crippen LogP contribution in [0.15, 0.2) is 24.3 Å². The predicted octanol–water partition coefficient (Wildman–Crippen LogP) is 3.56. The van der Waals surface area contributed by atoms with Crippen LogP contribution in [0, 0.1) is 0 Å². The molecule has 0 saturated heterocycles. The Hall–Kier alpha value is -1.72. The fourth-order valence-electron chi connectivity index (χ4n) is 1.85. The van der Waals surface area contributed by atoms with Gasteiger partial charge in [0.1, 0.15) is 10.8 Å². The summed E-state index contributed by atoms with van der Waals surface area (Å²) in [6, 6.07) is 7.71. The van der Waals surface area contributed by atoms with E-state index in [1.807, 2.05) is 31.2 Å². The van der Waals surface area contributed by atoms with Crippen molar-refractivity contribution in [2.45, 2.75) is 20.5 Å². The lowest BCUT2D eigenvalue weighted by Gasteiger charge is -2.02. The number of rotatable bonds is 6. The summed E-state index contributed by atoms with van der Waals surface area (Å²) < 4.78 is 10.5. The van der Waals surface area contributed by atoms with Crippen molar-refractivity contribution in [1.82, 2.24) is 4.98 Å². The van der Waals surface area contributed by atoms with Gasteiger partial charge in [-0.3, -0.25) is 4.79 Å². The zero-order chi connectivity index (χ0) is 14.5. The van der Waals surface area contributed by atoms with Crippen molar-refractivity contribution in [3.05, 3.63) is 34.8 Å². The van der Waals surface area contributed by atoms with Crippen LogP contribution >= 0.6 is 11.3 Å². The number of nitrogens with zero attached hydrogens (tertiary/aromatic N) is 1. The molecule has 0 N–H and O–H groups in total. The molecule has 106 valence electrons. The molecule has 2 aromatic rings. The van der Waals surface area contributed by atoms with Gasteiger partial charge in [0.15, 0.2) is 5.78 Å². The highest BCUT2D eigenvalue weighted by atomic mass is 32.1. The SMILES string of the molecule is CCOc1ccc(-c2nc(COC)c(C(C)=O)s2)cc1. The molecule has 0 amide bonds. The molecule has 0 atom stereocenters. The van der Waals surface area contributed by atoms with Crippen LogP contribution in [0.3, 0.4) is 0 Å². The van der Waals surface area contributed by atoms with Gasteiger partial charge in [0.25, 0.3) is 0 Å². The molecule has 1 aromatic carbocycles. The van der Waals surface area contributed by atoms with E-state index in [1.165, 1.54) is 11.3 Å². The average Bonchev–Trinajstić information content (AvgIpc) is 2.85. The van der Waals surface area contributed by atoms with Crippen molar-refractivity contribution in [2.75, 3.05) is 13.7 Å². The van der Waals surface area contributed by atoms with E-state index in [1.54, 1.807) is 14.0 Å². The highest BCUT2D eigenvalue weighted by Gasteiger charge is 2.15. The smallest absolute Gasteiger partial charge is 0.171 e. The number of methoxy groups -OCH3 is 1. The summed E-state index contributed by atoms with van der Waals surface area (Å²) in [5.74, 6) is 0.850. The van der Waals surface area contributed by atoms with Crippen molar-refractivity contribution in [2.24, 2.45) is 0 Å². The normalized spacial score (nSPS) is 10.6. The van der Waals surface area contributed by atoms with E-state index < -0.39 is 0 Å². The molecule has 0 saturated carbocycles. The number of thiazole rings is 1. The quantitative estimate of drug-likeness (QED) is 0.764. The Morgan fingerprint density at radius 1 is 1.30 bits per heavy atom. The maximum atomic E-state index is 11.6. The van der Waals surface area contributed by atoms with Gasteiger partial charge < -0.3 is 9.47 Å². The van der Waals surface area contributed by atoms with E-state index in [4.69, 9.17) is 9.47 Å². The number of carbonyl (C=O) groups excluding carboxylic acids is 1. The predicted molar refractivity (Wildman–Crippen MR) is 79.4 cm³/mol. The van der Waals surface area contributed by atoms with Gasteiger partial charge in [-0.25, -0.2) is 4.98 Å². The van der Waals surface area contributed by atoms with Gasteiger partial charge in [-0.1, -0.05) is 0 Å². The number of ketones is 1. The first-order chi connectivity index (χ1) is 9.65. The van der Waals surface area contributed by atoms with Gasteiger partial charge in [-0.15, -0.1) is 11.3 Å². The lowest BCUT2D eigenvalue weighted by Crippen LogP contribution is -1.97. The van der Waals surface area contributed by atoms with Gasteiger partial charge >= 0.3 is 0 Å². The second kappa shape index (κ2) is 6.63. The molecule has 0 radical (unpaired) electrons. The third-order valence-electron chi connectivity index (χ3n) is 2.71. The Morgan fingerprint density at radius 2 is 2.00 bits per heavy atom. The number of hydrogen-bond acceptors (Lipinski definition) is 5. The van der Waals surface area contributed by atoms with Crippen molar-refractivity contribution in [3.63, 3.8) is 0 Å². The molecule has 20 heavy (non-hydrogen) atoms. The summed E-state index contributed by atoms with van der Waals surface area (Å²) in [5.41, 5.74) is 1.68. The second-order valence-electron chi connectivity index (χ2n) is 4.24. The molecule has 4 nitrogen and oxygen atoms in total. The van der Waals surface area contributed by atoms with E-state index in [9.17, 15) is 4.79 Å². The highest BCUT2D eigenvalue weighted by Crippen LogP contribution is 2.30. The maximum Gasteiger partial charge on any atom is 0.171 e. The first-order valence-corrected chi connectivity index (χ1v) is 7.20. The first-order valence-electron chi connectivity index (χ1n) is 6.38. The molecule has 0 unspecified atom stereocenters. The number of carbonyl (C=O) groups is 1. The standard InChI is InChI=1S/C15H17NO3S/c1-4-19-12-7-5-11(6-8-12)15-16-13(9-18-3)14(20-15)10(2)17/h5-8H,4,9H2,1-3H3. The topological polar surface area (TPSA) is 48.4 Å². The molecule has 0 aliphatic heterocycles. The van der Waals surface area contributed by atoms with Crippen LogP contribution in [0.1, 0.15) is 29.2 Å². The second-order valence-corrected chi connectivity index (χ2v) is 5.24. The summed E-state index contributed by atoms with van der Waals surface area (Å²) in [4.78, 5) is 16.8. The lowest BCUT2D eigenvalue weighted by atomic mass is 10.2. The Bertz CT molecular complexity index is 590. The van der Waals surface area contributed by atoms with Gasteiger partial charge in [-0.05, 0) is 31.2 Å². The summed E-state index contributed by atoms with van der Waals surface area (Å²) in [5, 5.41) is 0.824. The van der Waals surface area contributed by atoms with Gasteiger partial charge in [-0.2, -0.15) is 0 Å². The minimum Gasteiger partial charge on any atom is -0.494 e. The minimum atomic E-state index is 0.0201. The average molecular weight is 291 g/mol. The third kappa shape index (κ3) is 3.23. The van der Waals surface area contributed by atoms with Crippen molar-refractivity contribution in [1.29, 1.82) is 0 Å². The van der Waals surface area contributed by atoms with Gasteiger partial charge in [0.2, 0.25) is 0 Å². The zero-order valence-electron chi connectivity index (χ0n) is 11.8. The van der Waals surface area contributed by atoms with Crippen LogP contribution in [0.2, 0.25) is 0 Å². The van der Waals surface area contributed by atoms with E-state index in [-0.39, 0.29) is 5.78 Å². The molecule has 0 spiro atoms. The molecule has 1 aromatic heterocycles. The minimum absolute atomic E-state index is 0.0201. The molecule has 0 bridgehead atoms. The molecule has 0 fully saturated rings. The molecular weight excluding hydrogens is 274 g/mol. The van der Waals surface area contributed by atoms with Crippen molar-refractivity contribution >= 4 is 17.1 Å². The number of benzene rings is 1. The molecule has 5 heteroatoms. The Balaban J connectivity index is 2.32. The fraction of sp³-hybridized carbons (Fsp3) is 0.333. The number of hydrogen-bond donors (Lipinski definition) is 0. The summed E-state index contributed by atoms with van der Waals surface area (Å²) in [6.07, 6.45) is 0. The van der Waals surface area contributed by atoms with Crippen LogP contribution in [-0.4, -0.2) is 24.5 Å². The van der Waals surface area contributed by atoms with E-state index >= 15 is 0 Å². The van der Waals surface area contributed by atoms with E-state index in [2.05, 4.69) is 4.98 Å². The molecular formula is C15H17NO3S. The summed E-state index contributed by atoms with van der Waals surface area (Å²) in [6.45, 7) is 4.49. The van der Waals surface area contributed by atoms with Crippen molar-refractivity contribution < 1.29 is 14.3 Å². The Morgan fingerprint density at radius 3 is 2.55 bits per heavy atom. The fourth-order valence-corrected chi connectivity index (χ4v) is 2.81. The zero-order valence-corrected chi connectivity index (χ0v) is 12.6. The Labute approximate surface area is 122 Å². The Kier molecular flexibility index (Phi) is 4.87. The third-order valence-corrected chi connectivity index (χ3v) is 3.96. The summed E-state index contributed by atoms with van der Waals surface area (Å²) in [7, 11) is 1.60. The molecule has 1 heterocycles. The number of ether oxygens (including phenoxy) is 2. The van der Waals surface area contributed by atoms with Crippen LogP contribution in [0.4, 0.5) is 0 Å². The van der Waals surface area contributed by atoms with Crippen molar-refractivity contribution in [3.8, 4) is 16.3 Å². The number of Topliss-reactive ketones (excluding diaryl/α,β-unsaturated/α-hetero) is 1. The first kappa shape index (κ1) is 14.7. The van der Waals surface area contributed by atoms with Crippen LogP contribution < -0.4 is 4.74 Å². The van der Waals surface area contributed by atoms with Gasteiger partial charge in [0, 0.05) is 19.6 Å². The van der Waals surface area contributed by atoms with Crippen LogP contribution in [0.25, 0.3) is 10.6 Å². The molecule has 2 rings (SSSR count). The van der Waals surface area contributed by atoms with Gasteiger partial charge in [0.05, 0.1) is 23.8 Å².